The molecule has 0 spiro atoms. The minimum atomic E-state index is -0.265. The predicted molar refractivity (Wildman–Crippen MR) is 110 cm³/mol. The summed E-state index contributed by atoms with van der Waals surface area (Å²) in [5, 5.41) is 0. The molecular formula is C23H21FN4O2. The quantitative estimate of drug-likeness (QED) is 0.671. The molecule has 0 unspecified atom stereocenters. The third-order valence-electron chi connectivity index (χ3n) is 5.53. The molecule has 6 nitrogen and oxygen atoms in total. The molecule has 2 aromatic carbocycles. The second kappa shape index (κ2) is 7.84. The maximum Gasteiger partial charge on any atom is 0.254 e. The van der Waals surface area contributed by atoms with E-state index in [4.69, 9.17) is 9.72 Å². The Morgan fingerprint density at radius 2 is 1.60 bits per heavy atom. The third kappa shape index (κ3) is 3.64. The van der Waals surface area contributed by atoms with Crippen molar-refractivity contribution in [2.75, 3.05) is 31.2 Å². The summed E-state index contributed by atoms with van der Waals surface area (Å²) in [5.41, 5.74) is 4.37. The number of halogens is 1. The van der Waals surface area contributed by atoms with Crippen molar-refractivity contribution in [2.24, 2.45) is 0 Å². The zero-order chi connectivity index (χ0) is 20.5. The SMILES string of the molecule is O=C(c1ccc(-c2ccc(F)cc2)cc1)N1Cc2cnc(N3CCOCC3)nc2C1. The van der Waals surface area contributed by atoms with E-state index >= 15 is 0 Å². The lowest BCUT2D eigenvalue weighted by Gasteiger charge is -2.26. The second-order valence-electron chi connectivity index (χ2n) is 7.49. The van der Waals surface area contributed by atoms with Gasteiger partial charge in [0.05, 0.1) is 25.5 Å². The number of hydrogen-bond acceptors (Lipinski definition) is 5. The van der Waals surface area contributed by atoms with Gasteiger partial charge in [0, 0.05) is 37.0 Å². The van der Waals surface area contributed by atoms with Gasteiger partial charge in [-0.1, -0.05) is 24.3 Å². The smallest absolute Gasteiger partial charge is 0.254 e. The summed E-state index contributed by atoms with van der Waals surface area (Å²) >= 11 is 0. The topological polar surface area (TPSA) is 58.6 Å². The number of ether oxygens (including phenoxy) is 1. The number of nitrogens with zero attached hydrogens (tertiary/aromatic N) is 4. The Bertz CT molecular complexity index is 1060. The molecular weight excluding hydrogens is 383 g/mol. The number of morpholine rings is 1. The maximum atomic E-state index is 13.1. The van der Waals surface area contributed by atoms with Crippen LogP contribution in [0.15, 0.2) is 54.7 Å². The largest absolute Gasteiger partial charge is 0.378 e. The van der Waals surface area contributed by atoms with Crippen molar-refractivity contribution in [3.8, 4) is 11.1 Å². The van der Waals surface area contributed by atoms with Crippen molar-refractivity contribution in [3.63, 3.8) is 0 Å². The van der Waals surface area contributed by atoms with Crippen LogP contribution in [0.4, 0.5) is 10.3 Å². The zero-order valence-corrected chi connectivity index (χ0v) is 16.4. The van der Waals surface area contributed by atoms with Crippen molar-refractivity contribution < 1.29 is 13.9 Å². The van der Waals surface area contributed by atoms with Crippen LogP contribution < -0.4 is 4.90 Å². The summed E-state index contributed by atoms with van der Waals surface area (Å²) in [4.78, 5) is 26.1. The van der Waals surface area contributed by atoms with Crippen LogP contribution in [0.2, 0.25) is 0 Å². The molecule has 0 aliphatic carbocycles. The Kier molecular flexibility index (Phi) is 4.88. The molecule has 30 heavy (non-hydrogen) atoms. The minimum Gasteiger partial charge on any atom is -0.378 e. The van der Waals surface area contributed by atoms with E-state index < -0.39 is 0 Å². The van der Waals surface area contributed by atoms with E-state index in [1.54, 1.807) is 17.0 Å². The fourth-order valence-electron chi connectivity index (χ4n) is 3.83. The summed E-state index contributed by atoms with van der Waals surface area (Å²) in [6.07, 6.45) is 1.83. The molecule has 0 atom stereocenters. The molecule has 2 aliphatic heterocycles. The number of carbonyl (C=O) groups is 1. The number of hydrogen-bond donors (Lipinski definition) is 0. The lowest BCUT2D eigenvalue weighted by Crippen LogP contribution is -2.37. The molecule has 0 radical (unpaired) electrons. The van der Waals surface area contributed by atoms with Crippen molar-refractivity contribution in [1.82, 2.24) is 14.9 Å². The highest BCUT2D eigenvalue weighted by atomic mass is 19.1. The third-order valence-corrected chi connectivity index (χ3v) is 5.53. The van der Waals surface area contributed by atoms with Gasteiger partial charge >= 0.3 is 0 Å². The number of rotatable bonds is 3. The van der Waals surface area contributed by atoms with E-state index in [0.717, 1.165) is 35.5 Å². The molecule has 1 saturated heterocycles. The number of aromatic nitrogens is 2. The molecule has 1 amide bonds. The van der Waals surface area contributed by atoms with E-state index in [1.165, 1.54) is 12.1 Å². The first kappa shape index (κ1) is 18.7. The molecule has 3 heterocycles. The summed E-state index contributed by atoms with van der Waals surface area (Å²) in [7, 11) is 0. The zero-order valence-electron chi connectivity index (χ0n) is 16.4. The van der Waals surface area contributed by atoms with Crippen LogP contribution in [0.1, 0.15) is 21.6 Å². The Morgan fingerprint density at radius 1 is 0.933 bits per heavy atom. The molecule has 2 aliphatic rings. The molecule has 0 saturated carbocycles. The van der Waals surface area contributed by atoms with Gasteiger partial charge in [0.15, 0.2) is 0 Å². The van der Waals surface area contributed by atoms with E-state index in [2.05, 4.69) is 9.88 Å². The van der Waals surface area contributed by atoms with Gasteiger partial charge in [0.1, 0.15) is 5.82 Å². The first-order valence-electron chi connectivity index (χ1n) is 10.0. The fraction of sp³-hybridized carbons (Fsp3) is 0.261. The number of carbonyl (C=O) groups excluding carboxylic acids is 1. The van der Waals surface area contributed by atoms with Gasteiger partial charge < -0.3 is 14.5 Å². The predicted octanol–water partition coefficient (Wildman–Crippen LogP) is 3.28. The Morgan fingerprint density at radius 3 is 2.30 bits per heavy atom. The monoisotopic (exact) mass is 404 g/mol. The summed E-state index contributed by atoms with van der Waals surface area (Å²) in [5.74, 6) is 0.403. The van der Waals surface area contributed by atoms with Crippen LogP contribution >= 0.6 is 0 Å². The molecule has 152 valence electrons. The van der Waals surface area contributed by atoms with Gasteiger partial charge in [0.25, 0.3) is 5.91 Å². The van der Waals surface area contributed by atoms with Crippen molar-refractivity contribution in [3.05, 3.63) is 77.4 Å². The summed E-state index contributed by atoms with van der Waals surface area (Å²) < 4.78 is 18.5. The van der Waals surface area contributed by atoms with Gasteiger partial charge in [0.2, 0.25) is 5.95 Å². The van der Waals surface area contributed by atoms with Crippen molar-refractivity contribution >= 4 is 11.9 Å². The van der Waals surface area contributed by atoms with Gasteiger partial charge in [-0.2, -0.15) is 0 Å². The first-order valence-corrected chi connectivity index (χ1v) is 10.0. The Labute approximate surface area is 173 Å². The lowest BCUT2D eigenvalue weighted by atomic mass is 10.0. The van der Waals surface area contributed by atoms with Gasteiger partial charge in [-0.05, 0) is 35.4 Å². The molecule has 0 bridgehead atoms. The van der Waals surface area contributed by atoms with Crippen molar-refractivity contribution in [1.29, 1.82) is 0 Å². The molecule has 0 N–H and O–H groups in total. The van der Waals surface area contributed by atoms with Crippen LogP contribution in [-0.4, -0.2) is 47.1 Å². The average molecular weight is 404 g/mol. The normalized spacial score (nSPS) is 15.9. The Hall–Kier alpha value is -3.32. The van der Waals surface area contributed by atoms with Crippen LogP contribution in [-0.2, 0) is 17.8 Å². The van der Waals surface area contributed by atoms with Crippen LogP contribution in [0, 0.1) is 5.82 Å². The Balaban J connectivity index is 1.29. The van der Waals surface area contributed by atoms with Gasteiger partial charge in [-0.25, -0.2) is 14.4 Å². The minimum absolute atomic E-state index is 0.0356. The molecule has 5 rings (SSSR count). The first-order chi connectivity index (χ1) is 14.7. The van der Waals surface area contributed by atoms with E-state index in [0.29, 0.717) is 37.8 Å². The molecule has 1 aromatic heterocycles. The van der Waals surface area contributed by atoms with E-state index in [1.807, 2.05) is 30.5 Å². The maximum absolute atomic E-state index is 13.1. The van der Waals surface area contributed by atoms with Crippen LogP contribution in [0.25, 0.3) is 11.1 Å². The van der Waals surface area contributed by atoms with Crippen LogP contribution in [0.3, 0.4) is 0 Å². The number of anilines is 1. The lowest BCUT2D eigenvalue weighted by molar-refractivity contribution is 0.0750. The standard InChI is InChI=1S/C23H21FN4O2/c24-20-7-5-17(6-8-20)16-1-3-18(4-2-16)22(29)28-14-19-13-25-23(26-21(19)15-28)27-9-11-30-12-10-27/h1-8,13H,9-12,14-15H2. The van der Waals surface area contributed by atoms with Gasteiger partial charge in [-0.3, -0.25) is 4.79 Å². The van der Waals surface area contributed by atoms with Gasteiger partial charge in [-0.15, -0.1) is 0 Å². The van der Waals surface area contributed by atoms with Crippen molar-refractivity contribution in [2.45, 2.75) is 13.1 Å². The van der Waals surface area contributed by atoms with E-state index in [9.17, 15) is 9.18 Å². The summed E-state index contributed by atoms with van der Waals surface area (Å²) in [6, 6.07) is 13.7. The average Bonchev–Trinajstić information content (AvgIpc) is 3.23. The highest BCUT2D eigenvalue weighted by Crippen LogP contribution is 2.26. The molecule has 3 aromatic rings. The highest BCUT2D eigenvalue weighted by Gasteiger charge is 2.27. The van der Waals surface area contributed by atoms with Crippen LogP contribution in [0.5, 0.6) is 0 Å². The highest BCUT2D eigenvalue weighted by molar-refractivity contribution is 5.95. The number of benzene rings is 2. The molecule has 1 fully saturated rings. The fourth-order valence-corrected chi connectivity index (χ4v) is 3.83. The molecule has 7 heteroatoms. The number of fused-ring (bicyclic) bond motifs is 1. The van der Waals surface area contributed by atoms with E-state index in [-0.39, 0.29) is 11.7 Å². The summed E-state index contributed by atoms with van der Waals surface area (Å²) in [6.45, 7) is 3.91. The second-order valence-corrected chi connectivity index (χ2v) is 7.49. The number of amides is 1.